The van der Waals surface area contributed by atoms with E-state index in [4.69, 9.17) is 17.0 Å². The summed E-state index contributed by atoms with van der Waals surface area (Å²) in [6.45, 7) is 1.77. The molecule has 0 atom stereocenters. The van der Waals surface area contributed by atoms with Crippen LogP contribution in [0.1, 0.15) is 6.92 Å². The van der Waals surface area contributed by atoms with Gasteiger partial charge in [0.15, 0.2) is 4.50 Å². The van der Waals surface area contributed by atoms with Crippen molar-refractivity contribution in [3.8, 4) is 0 Å². The van der Waals surface area contributed by atoms with Crippen molar-refractivity contribution in [3.05, 3.63) is 0 Å². The Morgan fingerprint density at radius 2 is 2.38 bits per heavy atom. The summed E-state index contributed by atoms with van der Waals surface area (Å²) in [5.74, 6) is 0. The summed E-state index contributed by atoms with van der Waals surface area (Å²) in [5.41, 5.74) is 0. The van der Waals surface area contributed by atoms with Crippen LogP contribution in [0.4, 0.5) is 0 Å². The highest BCUT2D eigenvalue weighted by molar-refractivity contribution is 9.18. The molecule has 0 aliphatic rings. The van der Waals surface area contributed by atoms with E-state index >= 15 is 0 Å². The van der Waals surface area contributed by atoms with Gasteiger partial charge in [-0.3, -0.25) is 5.41 Å². The summed E-state index contributed by atoms with van der Waals surface area (Å²) in [6.07, 6.45) is 0. The highest BCUT2D eigenvalue weighted by Gasteiger charge is 1.86. The SMILES string of the molecule is CC(Br)=NSC(=N)Cl. The topological polar surface area (TPSA) is 36.2 Å². The molecule has 0 rings (SSSR count). The van der Waals surface area contributed by atoms with Crippen LogP contribution in [-0.2, 0) is 0 Å². The fraction of sp³-hybridized carbons (Fsp3) is 0.333. The van der Waals surface area contributed by atoms with E-state index in [9.17, 15) is 0 Å². The van der Waals surface area contributed by atoms with Crippen molar-refractivity contribution >= 4 is 48.6 Å². The molecular formula is C3H4BrClN2S. The number of nitrogens with zero attached hydrogens (tertiary/aromatic N) is 1. The van der Waals surface area contributed by atoms with E-state index in [0.29, 0.717) is 0 Å². The third-order valence-corrected chi connectivity index (χ3v) is 1.40. The monoisotopic (exact) mass is 214 g/mol. The van der Waals surface area contributed by atoms with Crippen molar-refractivity contribution in [2.75, 3.05) is 0 Å². The van der Waals surface area contributed by atoms with Crippen molar-refractivity contribution in [3.63, 3.8) is 0 Å². The van der Waals surface area contributed by atoms with Gasteiger partial charge in [-0.25, -0.2) is 4.40 Å². The molecule has 0 unspecified atom stereocenters. The van der Waals surface area contributed by atoms with Gasteiger partial charge in [0.25, 0.3) is 0 Å². The molecule has 0 bridgehead atoms. The van der Waals surface area contributed by atoms with E-state index in [1.807, 2.05) is 0 Å². The largest absolute Gasteiger partial charge is 0.282 e. The van der Waals surface area contributed by atoms with Crippen LogP contribution in [0.2, 0.25) is 0 Å². The molecule has 0 spiro atoms. The molecule has 0 saturated carbocycles. The Kier molecular flexibility index (Phi) is 4.60. The first-order chi connectivity index (χ1) is 3.63. The first-order valence-electron chi connectivity index (χ1n) is 1.74. The first kappa shape index (κ1) is 8.46. The van der Waals surface area contributed by atoms with Crippen molar-refractivity contribution in [2.24, 2.45) is 4.40 Å². The van der Waals surface area contributed by atoms with E-state index < -0.39 is 0 Å². The summed E-state index contributed by atoms with van der Waals surface area (Å²) in [4.78, 5) is 0. The Morgan fingerprint density at radius 1 is 1.88 bits per heavy atom. The average Bonchev–Trinajstić information content (AvgIpc) is 1.61. The second-order valence-corrected chi connectivity index (χ2v) is 3.48. The number of halogens is 2. The van der Waals surface area contributed by atoms with Crippen molar-refractivity contribution in [1.82, 2.24) is 0 Å². The molecule has 0 aromatic heterocycles. The van der Waals surface area contributed by atoms with Gasteiger partial charge in [0.2, 0.25) is 0 Å². The van der Waals surface area contributed by atoms with Gasteiger partial charge < -0.3 is 0 Å². The van der Waals surface area contributed by atoms with E-state index in [1.54, 1.807) is 6.92 Å². The van der Waals surface area contributed by atoms with E-state index in [-0.39, 0.29) is 4.50 Å². The van der Waals surface area contributed by atoms with E-state index in [1.165, 1.54) is 0 Å². The standard InChI is InChI=1S/C3H4BrClN2S/c1-2(4)7-8-3(5)6/h6H,1H3. The Hall–Kier alpha value is 0.460. The van der Waals surface area contributed by atoms with Crippen LogP contribution in [-0.4, -0.2) is 9.12 Å². The van der Waals surface area contributed by atoms with Crippen LogP contribution in [0.15, 0.2) is 4.40 Å². The van der Waals surface area contributed by atoms with E-state index in [0.717, 1.165) is 16.6 Å². The zero-order valence-electron chi connectivity index (χ0n) is 4.11. The first-order valence-corrected chi connectivity index (χ1v) is 3.68. The molecule has 0 aliphatic heterocycles. The summed E-state index contributed by atoms with van der Waals surface area (Å²) in [7, 11) is 0. The summed E-state index contributed by atoms with van der Waals surface area (Å²) in [6, 6.07) is 0. The summed E-state index contributed by atoms with van der Waals surface area (Å²) in [5, 5.41) is 6.69. The number of hydrogen-bond donors (Lipinski definition) is 1. The van der Waals surface area contributed by atoms with Crippen LogP contribution in [0.25, 0.3) is 0 Å². The predicted octanol–water partition coefficient (Wildman–Crippen LogP) is 2.62. The maximum atomic E-state index is 6.69. The van der Waals surface area contributed by atoms with Gasteiger partial charge >= 0.3 is 0 Å². The number of hydrogen-bond acceptors (Lipinski definition) is 3. The van der Waals surface area contributed by atoms with Crippen LogP contribution >= 0.6 is 39.5 Å². The molecule has 0 heterocycles. The maximum Gasteiger partial charge on any atom is 0.177 e. The lowest BCUT2D eigenvalue weighted by atomic mass is 10.9. The molecule has 0 aliphatic carbocycles. The third-order valence-electron chi connectivity index (χ3n) is 0.252. The molecule has 0 saturated heterocycles. The second-order valence-electron chi connectivity index (χ2n) is 0.953. The normalized spacial score (nSPS) is 11.6. The van der Waals surface area contributed by atoms with Gasteiger partial charge in [0.05, 0.1) is 4.62 Å². The van der Waals surface area contributed by atoms with Gasteiger partial charge in [-0.2, -0.15) is 0 Å². The number of rotatable bonds is 1. The lowest BCUT2D eigenvalue weighted by Crippen LogP contribution is -1.72. The predicted molar refractivity (Wildman–Crippen MR) is 43.2 cm³/mol. The minimum Gasteiger partial charge on any atom is -0.282 e. The highest BCUT2D eigenvalue weighted by atomic mass is 79.9. The van der Waals surface area contributed by atoms with Crippen molar-refractivity contribution in [1.29, 1.82) is 5.41 Å². The molecule has 0 amide bonds. The average molecular weight is 216 g/mol. The van der Waals surface area contributed by atoms with Gasteiger partial charge in [0.1, 0.15) is 0 Å². The molecule has 0 aromatic carbocycles. The van der Waals surface area contributed by atoms with Crippen LogP contribution in [0.5, 0.6) is 0 Å². The molecule has 5 heteroatoms. The Labute approximate surface area is 65.5 Å². The Morgan fingerprint density at radius 3 is 2.50 bits per heavy atom. The molecule has 46 valence electrons. The molecule has 1 N–H and O–H groups in total. The molecule has 0 fully saturated rings. The van der Waals surface area contributed by atoms with Crippen LogP contribution in [0.3, 0.4) is 0 Å². The molecule has 0 radical (unpaired) electrons. The van der Waals surface area contributed by atoms with Gasteiger partial charge in [0, 0.05) is 11.9 Å². The molecular weight excluding hydrogens is 211 g/mol. The molecule has 2 nitrogen and oxygen atoms in total. The van der Waals surface area contributed by atoms with Gasteiger partial charge in [-0.15, -0.1) is 0 Å². The fourth-order valence-corrected chi connectivity index (χ4v) is 0.630. The maximum absolute atomic E-state index is 6.69. The Bertz CT molecular complexity index is 120. The highest BCUT2D eigenvalue weighted by Crippen LogP contribution is 2.08. The quantitative estimate of drug-likeness (QED) is 0.407. The minimum absolute atomic E-state index is 0.0243. The third kappa shape index (κ3) is 6.46. The second kappa shape index (κ2) is 4.35. The zero-order valence-corrected chi connectivity index (χ0v) is 7.27. The number of nitrogens with one attached hydrogen (secondary N) is 1. The van der Waals surface area contributed by atoms with Crippen LogP contribution < -0.4 is 0 Å². The van der Waals surface area contributed by atoms with Gasteiger partial charge in [-0.05, 0) is 22.9 Å². The molecule has 8 heavy (non-hydrogen) atoms. The summed E-state index contributed by atoms with van der Waals surface area (Å²) >= 11 is 9.15. The van der Waals surface area contributed by atoms with Crippen molar-refractivity contribution < 1.29 is 0 Å². The summed E-state index contributed by atoms with van der Waals surface area (Å²) < 4.78 is 4.42. The smallest absolute Gasteiger partial charge is 0.177 e. The Balaban J connectivity index is 3.45. The van der Waals surface area contributed by atoms with Gasteiger partial charge in [-0.1, -0.05) is 11.6 Å². The zero-order chi connectivity index (χ0) is 6.57. The molecule has 0 aromatic rings. The van der Waals surface area contributed by atoms with Crippen LogP contribution in [0, 0.1) is 5.41 Å². The fourth-order valence-electron chi connectivity index (χ4n) is 0.103. The van der Waals surface area contributed by atoms with Crippen molar-refractivity contribution in [2.45, 2.75) is 6.92 Å². The lowest BCUT2D eigenvalue weighted by Gasteiger charge is -1.83. The minimum atomic E-state index is -0.0243. The lowest BCUT2D eigenvalue weighted by molar-refractivity contribution is 1.59. The van der Waals surface area contributed by atoms with E-state index in [2.05, 4.69) is 20.3 Å².